The Labute approximate surface area is 166 Å². The highest BCUT2D eigenvalue weighted by molar-refractivity contribution is 7.92. The zero-order valence-electron chi connectivity index (χ0n) is 15.4. The van der Waals surface area contributed by atoms with Gasteiger partial charge < -0.3 is 9.97 Å². The van der Waals surface area contributed by atoms with Crippen molar-refractivity contribution < 1.29 is 8.42 Å². The number of sulfonamides is 1. The molecule has 146 valence electrons. The molecule has 0 radical (unpaired) electrons. The third-order valence-electron chi connectivity index (χ3n) is 4.55. The molecule has 8 heteroatoms. The van der Waals surface area contributed by atoms with Crippen molar-refractivity contribution in [3.05, 3.63) is 93.0 Å². The van der Waals surface area contributed by atoms with E-state index in [0.29, 0.717) is 16.8 Å². The smallest absolute Gasteiger partial charge is 0.314 e. The first kappa shape index (κ1) is 18.7. The number of benzene rings is 3. The van der Waals surface area contributed by atoms with Gasteiger partial charge in [0.05, 0.1) is 15.9 Å². The van der Waals surface area contributed by atoms with Gasteiger partial charge in [0, 0.05) is 5.69 Å². The maximum Gasteiger partial charge on any atom is 0.314 e. The first-order valence-corrected chi connectivity index (χ1v) is 10.3. The Morgan fingerprint density at radius 2 is 1.31 bits per heavy atom. The fourth-order valence-electron chi connectivity index (χ4n) is 3.11. The van der Waals surface area contributed by atoms with E-state index in [-0.39, 0.29) is 10.4 Å². The van der Waals surface area contributed by atoms with E-state index in [0.717, 1.165) is 11.1 Å². The number of nitrogens with one attached hydrogen (secondary N) is 3. The van der Waals surface area contributed by atoms with Crippen molar-refractivity contribution in [3.63, 3.8) is 0 Å². The third-order valence-corrected chi connectivity index (χ3v) is 6.07. The second kappa shape index (κ2) is 7.06. The number of anilines is 1. The van der Waals surface area contributed by atoms with Gasteiger partial charge in [-0.3, -0.25) is 14.3 Å². The van der Waals surface area contributed by atoms with Gasteiger partial charge >= 0.3 is 11.1 Å². The van der Waals surface area contributed by atoms with Gasteiger partial charge in [0.1, 0.15) is 0 Å². The summed E-state index contributed by atoms with van der Waals surface area (Å²) in [6.07, 6.45) is 0. The average molecular weight is 407 g/mol. The van der Waals surface area contributed by atoms with Crippen LogP contribution in [-0.2, 0) is 10.0 Å². The minimum atomic E-state index is -3.90. The molecule has 0 aliphatic rings. The first-order valence-electron chi connectivity index (χ1n) is 8.79. The minimum absolute atomic E-state index is 0.0137. The molecule has 0 saturated carbocycles. The molecule has 0 atom stereocenters. The molecule has 4 aromatic rings. The van der Waals surface area contributed by atoms with Gasteiger partial charge in [0.2, 0.25) is 0 Å². The highest BCUT2D eigenvalue weighted by Gasteiger charge is 2.18. The van der Waals surface area contributed by atoms with E-state index < -0.39 is 21.1 Å². The highest BCUT2D eigenvalue weighted by atomic mass is 32.2. The van der Waals surface area contributed by atoms with Crippen molar-refractivity contribution >= 4 is 26.7 Å². The summed E-state index contributed by atoms with van der Waals surface area (Å²) in [5, 5.41) is 0. The Balaban J connectivity index is 1.68. The van der Waals surface area contributed by atoms with Crippen molar-refractivity contribution in [1.29, 1.82) is 0 Å². The van der Waals surface area contributed by atoms with Gasteiger partial charge in [-0.2, -0.15) is 0 Å². The quantitative estimate of drug-likeness (QED) is 0.452. The fraction of sp³-hybridized carbons (Fsp3) is 0.0476. The number of hydrogen-bond donors (Lipinski definition) is 3. The SMILES string of the molecule is Cc1cc2[nH]c(=O)c(=O)[nH]c2cc1S(=O)(=O)Nc1ccc(-c2ccccc2)cc1. The fourth-order valence-corrected chi connectivity index (χ4v) is 4.43. The monoisotopic (exact) mass is 407 g/mol. The van der Waals surface area contributed by atoms with E-state index in [1.165, 1.54) is 12.1 Å². The van der Waals surface area contributed by atoms with Crippen molar-refractivity contribution in [2.75, 3.05) is 4.72 Å². The second-order valence-electron chi connectivity index (χ2n) is 6.62. The van der Waals surface area contributed by atoms with Crippen LogP contribution in [0, 0.1) is 6.92 Å². The van der Waals surface area contributed by atoms with E-state index >= 15 is 0 Å². The molecular formula is C21H17N3O4S. The molecule has 0 fully saturated rings. The predicted molar refractivity (Wildman–Crippen MR) is 113 cm³/mol. The zero-order chi connectivity index (χ0) is 20.6. The van der Waals surface area contributed by atoms with Crippen LogP contribution in [0.2, 0.25) is 0 Å². The first-order chi connectivity index (χ1) is 13.8. The molecule has 3 N–H and O–H groups in total. The zero-order valence-corrected chi connectivity index (χ0v) is 16.2. The van der Waals surface area contributed by atoms with Crippen molar-refractivity contribution in [2.24, 2.45) is 0 Å². The molecule has 1 heterocycles. The molecule has 4 rings (SSSR count). The lowest BCUT2D eigenvalue weighted by Gasteiger charge is -2.12. The predicted octanol–water partition coefficient (Wildman–Crippen LogP) is 2.99. The molecule has 0 amide bonds. The Hall–Kier alpha value is -3.65. The number of aromatic nitrogens is 2. The normalized spacial score (nSPS) is 11.5. The Bertz CT molecular complexity index is 1420. The van der Waals surface area contributed by atoms with Gasteiger partial charge in [0.25, 0.3) is 10.0 Å². The Morgan fingerprint density at radius 3 is 1.93 bits per heavy atom. The van der Waals surface area contributed by atoms with Gasteiger partial charge in [-0.1, -0.05) is 42.5 Å². The van der Waals surface area contributed by atoms with Crippen LogP contribution in [0.4, 0.5) is 5.69 Å². The molecule has 0 saturated heterocycles. The number of aromatic amines is 2. The molecule has 0 spiro atoms. The van der Waals surface area contributed by atoms with Gasteiger partial charge in [-0.25, -0.2) is 8.42 Å². The second-order valence-corrected chi connectivity index (χ2v) is 8.27. The lowest BCUT2D eigenvalue weighted by molar-refractivity contribution is 0.600. The molecular weight excluding hydrogens is 390 g/mol. The van der Waals surface area contributed by atoms with Crippen LogP contribution in [0.5, 0.6) is 0 Å². The number of rotatable bonds is 4. The Kier molecular flexibility index (Phi) is 4.56. The molecule has 0 aliphatic heterocycles. The van der Waals surface area contributed by atoms with E-state index in [2.05, 4.69) is 14.7 Å². The maximum atomic E-state index is 12.9. The number of fused-ring (bicyclic) bond motifs is 1. The van der Waals surface area contributed by atoms with E-state index in [1.54, 1.807) is 19.1 Å². The van der Waals surface area contributed by atoms with Gasteiger partial charge in [-0.05, 0) is 47.9 Å². The van der Waals surface area contributed by atoms with Crippen LogP contribution in [0.1, 0.15) is 5.56 Å². The molecule has 3 aromatic carbocycles. The average Bonchev–Trinajstić information content (AvgIpc) is 2.70. The van der Waals surface area contributed by atoms with Crippen molar-refractivity contribution in [2.45, 2.75) is 11.8 Å². The van der Waals surface area contributed by atoms with Crippen LogP contribution < -0.4 is 15.8 Å². The van der Waals surface area contributed by atoms with E-state index in [4.69, 9.17) is 0 Å². The largest absolute Gasteiger partial charge is 0.316 e. The van der Waals surface area contributed by atoms with E-state index in [1.807, 2.05) is 42.5 Å². The molecule has 1 aromatic heterocycles. The minimum Gasteiger partial charge on any atom is -0.316 e. The highest BCUT2D eigenvalue weighted by Crippen LogP contribution is 2.25. The summed E-state index contributed by atoms with van der Waals surface area (Å²) in [5.41, 5.74) is 1.83. The lowest BCUT2D eigenvalue weighted by Crippen LogP contribution is -2.29. The standard InChI is InChI=1S/C21H17N3O4S/c1-13-11-17-18(23-21(26)20(25)22-17)12-19(13)29(27,28)24-16-9-7-15(8-10-16)14-5-3-2-4-6-14/h2-12,24H,1H3,(H,22,25)(H,23,26). The molecule has 0 bridgehead atoms. The van der Waals surface area contributed by atoms with Crippen LogP contribution in [-0.4, -0.2) is 18.4 Å². The molecule has 0 unspecified atom stereocenters. The summed E-state index contributed by atoms with van der Waals surface area (Å²) >= 11 is 0. The topological polar surface area (TPSA) is 112 Å². The number of aryl methyl sites for hydroxylation is 1. The van der Waals surface area contributed by atoms with Crippen LogP contribution in [0.15, 0.2) is 81.2 Å². The van der Waals surface area contributed by atoms with E-state index in [9.17, 15) is 18.0 Å². The molecule has 29 heavy (non-hydrogen) atoms. The van der Waals surface area contributed by atoms with Crippen molar-refractivity contribution in [3.8, 4) is 11.1 Å². The third kappa shape index (κ3) is 3.70. The molecule has 0 aliphatic carbocycles. The lowest BCUT2D eigenvalue weighted by atomic mass is 10.1. The van der Waals surface area contributed by atoms with Crippen LogP contribution >= 0.6 is 0 Å². The summed E-state index contributed by atoms with van der Waals surface area (Å²) in [5.74, 6) is 0. The molecule has 7 nitrogen and oxygen atoms in total. The number of H-pyrrole nitrogens is 2. The summed E-state index contributed by atoms with van der Waals surface area (Å²) in [6, 6.07) is 19.7. The van der Waals surface area contributed by atoms with Gasteiger partial charge in [0.15, 0.2) is 0 Å². The van der Waals surface area contributed by atoms with Crippen LogP contribution in [0.3, 0.4) is 0 Å². The summed E-state index contributed by atoms with van der Waals surface area (Å²) in [6.45, 7) is 1.62. The summed E-state index contributed by atoms with van der Waals surface area (Å²) in [4.78, 5) is 27.9. The maximum absolute atomic E-state index is 12.9. The van der Waals surface area contributed by atoms with Crippen molar-refractivity contribution in [1.82, 2.24) is 9.97 Å². The number of hydrogen-bond acceptors (Lipinski definition) is 4. The summed E-state index contributed by atoms with van der Waals surface area (Å²) < 4.78 is 28.3. The van der Waals surface area contributed by atoms with Gasteiger partial charge in [-0.15, -0.1) is 0 Å². The summed E-state index contributed by atoms with van der Waals surface area (Å²) in [7, 11) is -3.90. The Morgan fingerprint density at radius 1 is 0.759 bits per heavy atom. The van der Waals surface area contributed by atoms with Crippen LogP contribution in [0.25, 0.3) is 22.2 Å².